The first-order chi connectivity index (χ1) is 8.58. The molecule has 0 radical (unpaired) electrons. The number of aliphatic hydroxyl groups excluding tert-OH is 1. The summed E-state index contributed by atoms with van der Waals surface area (Å²) in [5, 5.41) is 8.16. The molecule has 0 fully saturated rings. The van der Waals surface area contributed by atoms with Crippen molar-refractivity contribution in [2.24, 2.45) is 0 Å². The van der Waals surface area contributed by atoms with Gasteiger partial charge in [0.05, 0.1) is 22.1 Å². The number of nitrogens with one attached hydrogen (secondary N) is 1. The van der Waals surface area contributed by atoms with E-state index in [0.29, 0.717) is 6.07 Å². The number of halogens is 4. The predicted octanol–water partition coefficient (Wildman–Crippen LogP) is 2.02. The van der Waals surface area contributed by atoms with Gasteiger partial charge in [-0.3, -0.25) is 0 Å². The highest BCUT2D eigenvalue weighted by Gasteiger charge is 2.34. The van der Waals surface area contributed by atoms with Crippen LogP contribution in [0.2, 0.25) is 5.02 Å². The largest absolute Gasteiger partial charge is 0.417 e. The van der Waals surface area contributed by atoms with E-state index in [-0.39, 0.29) is 0 Å². The molecular formula is C10H11ClF3NO3S. The van der Waals surface area contributed by atoms with Crippen LogP contribution in [-0.2, 0) is 16.2 Å². The summed E-state index contributed by atoms with van der Waals surface area (Å²) >= 11 is 5.39. The van der Waals surface area contributed by atoms with Crippen molar-refractivity contribution < 1.29 is 26.7 Å². The summed E-state index contributed by atoms with van der Waals surface area (Å²) in [5.41, 5.74) is -1.23. The first kappa shape index (κ1) is 16.2. The van der Waals surface area contributed by atoms with E-state index in [0.717, 1.165) is 12.1 Å². The Morgan fingerprint density at radius 1 is 1.42 bits per heavy atom. The Labute approximate surface area is 113 Å². The zero-order chi connectivity index (χ0) is 14.8. The first-order valence-corrected chi connectivity index (χ1v) is 6.94. The zero-order valence-corrected chi connectivity index (χ0v) is 11.3. The van der Waals surface area contributed by atoms with Crippen molar-refractivity contribution in [2.45, 2.75) is 24.0 Å². The van der Waals surface area contributed by atoms with Gasteiger partial charge in [-0.1, -0.05) is 11.6 Å². The molecule has 1 aromatic rings. The third-order valence-corrected chi connectivity index (χ3v) is 4.10. The molecule has 19 heavy (non-hydrogen) atoms. The van der Waals surface area contributed by atoms with Crippen LogP contribution in [0, 0.1) is 0 Å². The molecule has 0 aromatic heterocycles. The van der Waals surface area contributed by atoms with E-state index in [9.17, 15) is 21.6 Å². The molecule has 0 bridgehead atoms. The molecule has 4 nitrogen and oxygen atoms in total. The molecule has 0 aliphatic carbocycles. The van der Waals surface area contributed by atoms with Crippen LogP contribution in [0.3, 0.4) is 0 Å². The standard InChI is InChI=1S/C10H11ClF3NO3S/c1-6(5-16)15-19(17,18)7-2-3-9(11)8(4-7)10(12,13)14/h2-4,6,15-16H,5H2,1H3/t6-/m1/s1. The molecule has 0 aliphatic heterocycles. The van der Waals surface area contributed by atoms with Gasteiger partial charge in [-0.15, -0.1) is 0 Å². The monoisotopic (exact) mass is 317 g/mol. The zero-order valence-electron chi connectivity index (χ0n) is 9.70. The van der Waals surface area contributed by atoms with Crippen LogP contribution < -0.4 is 4.72 Å². The van der Waals surface area contributed by atoms with Crippen molar-refractivity contribution in [3.63, 3.8) is 0 Å². The molecule has 0 unspecified atom stereocenters. The summed E-state index contributed by atoms with van der Waals surface area (Å²) in [6.07, 6.45) is -4.74. The van der Waals surface area contributed by atoms with Crippen molar-refractivity contribution in [1.29, 1.82) is 0 Å². The fraction of sp³-hybridized carbons (Fsp3) is 0.400. The maximum atomic E-state index is 12.6. The quantitative estimate of drug-likeness (QED) is 0.893. The van der Waals surface area contributed by atoms with E-state index in [1.54, 1.807) is 0 Å². The number of hydrogen-bond acceptors (Lipinski definition) is 3. The Balaban J connectivity index is 3.23. The number of sulfonamides is 1. The van der Waals surface area contributed by atoms with Gasteiger partial charge in [0.25, 0.3) is 0 Å². The van der Waals surface area contributed by atoms with Crippen LogP contribution in [0.1, 0.15) is 12.5 Å². The third-order valence-electron chi connectivity index (χ3n) is 2.18. The predicted molar refractivity (Wildman–Crippen MR) is 63.3 cm³/mol. The summed E-state index contributed by atoms with van der Waals surface area (Å²) in [6.45, 7) is 0.900. The maximum absolute atomic E-state index is 12.6. The average molecular weight is 318 g/mol. The maximum Gasteiger partial charge on any atom is 0.417 e. The molecule has 1 atom stereocenters. The highest BCUT2D eigenvalue weighted by molar-refractivity contribution is 7.89. The molecule has 0 amide bonds. The van der Waals surface area contributed by atoms with Crippen LogP contribution in [0.25, 0.3) is 0 Å². The minimum Gasteiger partial charge on any atom is -0.395 e. The minimum absolute atomic E-state index is 0.453. The SMILES string of the molecule is C[C@H](CO)NS(=O)(=O)c1ccc(Cl)c(C(F)(F)F)c1. The Kier molecular flexibility index (Phi) is 4.83. The van der Waals surface area contributed by atoms with Gasteiger partial charge in [0.1, 0.15) is 0 Å². The van der Waals surface area contributed by atoms with Gasteiger partial charge in [0.15, 0.2) is 0 Å². The van der Waals surface area contributed by atoms with Gasteiger partial charge >= 0.3 is 6.18 Å². The van der Waals surface area contributed by atoms with Gasteiger partial charge in [-0.05, 0) is 25.1 Å². The van der Waals surface area contributed by atoms with Crippen molar-refractivity contribution >= 4 is 21.6 Å². The lowest BCUT2D eigenvalue weighted by molar-refractivity contribution is -0.137. The molecule has 108 valence electrons. The summed E-state index contributed by atoms with van der Waals surface area (Å²) in [4.78, 5) is -0.565. The Bertz CT molecular complexity index is 560. The number of benzene rings is 1. The molecular weight excluding hydrogens is 307 g/mol. The van der Waals surface area contributed by atoms with E-state index in [2.05, 4.69) is 0 Å². The fourth-order valence-electron chi connectivity index (χ4n) is 1.26. The summed E-state index contributed by atoms with van der Waals surface area (Å²) < 4.78 is 63.4. The second-order valence-corrected chi connectivity index (χ2v) is 5.97. The van der Waals surface area contributed by atoms with Crippen LogP contribution in [0.5, 0.6) is 0 Å². The number of hydrogen-bond donors (Lipinski definition) is 2. The molecule has 2 N–H and O–H groups in total. The molecule has 1 rings (SSSR count). The summed E-state index contributed by atoms with van der Waals surface area (Å²) in [6, 6.07) is 1.47. The molecule has 9 heteroatoms. The van der Waals surface area contributed by atoms with Crippen molar-refractivity contribution in [3.8, 4) is 0 Å². The number of rotatable bonds is 4. The van der Waals surface area contributed by atoms with E-state index in [1.165, 1.54) is 6.92 Å². The van der Waals surface area contributed by atoms with Crippen molar-refractivity contribution in [2.75, 3.05) is 6.61 Å². The molecule has 0 heterocycles. The normalized spacial score (nSPS) is 14.4. The highest BCUT2D eigenvalue weighted by atomic mass is 35.5. The second kappa shape index (κ2) is 5.66. The molecule has 0 saturated carbocycles. The van der Waals surface area contributed by atoms with Crippen LogP contribution in [0.4, 0.5) is 13.2 Å². The van der Waals surface area contributed by atoms with Gasteiger partial charge < -0.3 is 5.11 Å². The average Bonchev–Trinajstić information content (AvgIpc) is 2.26. The van der Waals surface area contributed by atoms with Crippen LogP contribution in [0.15, 0.2) is 23.1 Å². The lowest BCUT2D eigenvalue weighted by Gasteiger charge is -2.14. The van der Waals surface area contributed by atoms with Crippen molar-refractivity contribution in [3.05, 3.63) is 28.8 Å². The van der Waals surface area contributed by atoms with Gasteiger partial charge in [0.2, 0.25) is 10.0 Å². The summed E-state index contributed by atoms with van der Waals surface area (Å²) in [7, 11) is -4.14. The minimum atomic E-state index is -4.74. The highest BCUT2D eigenvalue weighted by Crippen LogP contribution is 2.35. The van der Waals surface area contributed by atoms with E-state index in [4.69, 9.17) is 16.7 Å². The number of aliphatic hydroxyl groups is 1. The molecule has 1 aromatic carbocycles. The van der Waals surface area contributed by atoms with Gasteiger partial charge in [0, 0.05) is 6.04 Å². The topological polar surface area (TPSA) is 66.4 Å². The third kappa shape index (κ3) is 4.07. The van der Waals surface area contributed by atoms with Gasteiger partial charge in [-0.2, -0.15) is 13.2 Å². The molecule has 0 aliphatic rings. The van der Waals surface area contributed by atoms with Crippen LogP contribution >= 0.6 is 11.6 Å². The molecule has 0 spiro atoms. The lowest BCUT2D eigenvalue weighted by Crippen LogP contribution is -2.35. The lowest BCUT2D eigenvalue weighted by atomic mass is 10.2. The van der Waals surface area contributed by atoms with E-state index < -0.39 is 44.3 Å². The Morgan fingerprint density at radius 3 is 2.47 bits per heavy atom. The van der Waals surface area contributed by atoms with Gasteiger partial charge in [-0.25, -0.2) is 13.1 Å². The summed E-state index contributed by atoms with van der Waals surface area (Å²) in [5.74, 6) is 0. The first-order valence-electron chi connectivity index (χ1n) is 5.08. The Hall–Kier alpha value is -0.830. The van der Waals surface area contributed by atoms with E-state index in [1.807, 2.05) is 4.72 Å². The number of alkyl halides is 3. The Morgan fingerprint density at radius 2 is 2.00 bits per heavy atom. The van der Waals surface area contributed by atoms with Crippen molar-refractivity contribution in [1.82, 2.24) is 4.72 Å². The van der Waals surface area contributed by atoms with Crippen LogP contribution in [-0.4, -0.2) is 26.2 Å². The smallest absolute Gasteiger partial charge is 0.395 e. The fourth-order valence-corrected chi connectivity index (χ4v) is 2.74. The molecule has 0 saturated heterocycles. The second-order valence-electron chi connectivity index (χ2n) is 3.84. The van der Waals surface area contributed by atoms with E-state index >= 15 is 0 Å².